The van der Waals surface area contributed by atoms with Gasteiger partial charge in [0.15, 0.2) is 11.7 Å². The van der Waals surface area contributed by atoms with Crippen LogP contribution in [0.1, 0.15) is 16.7 Å². The van der Waals surface area contributed by atoms with E-state index in [0.717, 1.165) is 83.1 Å². The molecule has 0 saturated heterocycles. The molecule has 3 aromatic heterocycles. The fraction of sp³-hybridized carbons (Fsp3) is 0. The first kappa shape index (κ1) is 35.0. The van der Waals surface area contributed by atoms with Gasteiger partial charge in [-0.1, -0.05) is 146 Å². The van der Waals surface area contributed by atoms with Crippen LogP contribution < -0.4 is 0 Å². The van der Waals surface area contributed by atoms with Gasteiger partial charge in [-0.05, 0) is 65.7 Å². The van der Waals surface area contributed by atoms with Crippen LogP contribution in [0.2, 0.25) is 0 Å². The Morgan fingerprint density at radius 3 is 1.88 bits per heavy atom. The number of nitrogens with zero attached hydrogens (tertiary/aromatic N) is 4. The van der Waals surface area contributed by atoms with Crippen molar-refractivity contribution in [3.63, 3.8) is 0 Å². The fourth-order valence-electron chi connectivity index (χ4n) is 8.32. The average Bonchev–Trinajstić information content (AvgIpc) is 3.87. The van der Waals surface area contributed by atoms with E-state index in [1.165, 1.54) is 10.8 Å². The summed E-state index contributed by atoms with van der Waals surface area (Å²) in [6.07, 6.45) is 1.85. The van der Waals surface area contributed by atoms with E-state index in [0.29, 0.717) is 11.4 Å². The minimum absolute atomic E-state index is 0.0990. The monoisotopic (exact) mass is 769 g/mol. The van der Waals surface area contributed by atoms with E-state index in [1.807, 2.05) is 109 Å². The number of hydrogen-bond acceptors (Lipinski definition) is 3. The Kier molecular flexibility index (Phi) is 8.52. The van der Waals surface area contributed by atoms with Crippen LogP contribution in [0, 0.1) is 5.41 Å². The molecule has 0 spiro atoms. The van der Waals surface area contributed by atoms with Gasteiger partial charge in [0.1, 0.15) is 11.2 Å². The molecule has 0 bridgehead atoms. The maximum Gasteiger partial charge on any atom is 0.161 e. The van der Waals surface area contributed by atoms with E-state index in [-0.39, 0.29) is 5.84 Å². The van der Waals surface area contributed by atoms with E-state index in [2.05, 4.69) is 102 Å². The van der Waals surface area contributed by atoms with Crippen LogP contribution in [0.15, 0.2) is 215 Å². The third-order valence-corrected chi connectivity index (χ3v) is 11.2. The number of pyridine rings is 1. The highest BCUT2D eigenvalue weighted by molar-refractivity contribution is 6.19. The van der Waals surface area contributed by atoms with Gasteiger partial charge in [0.05, 0.1) is 27.6 Å². The predicted molar refractivity (Wildman–Crippen MR) is 248 cm³/mol. The Morgan fingerprint density at radius 2 is 1.13 bits per heavy atom. The van der Waals surface area contributed by atoms with Crippen molar-refractivity contribution < 1.29 is 4.42 Å². The predicted octanol–water partition coefficient (Wildman–Crippen LogP) is 13.5. The summed E-state index contributed by atoms with van der Waals surface area (Å²) >= 11 is 0. The Bertz CT molecular complexity index is 3430. The first-order chi connectivity index (χ1) is 29.7. The topological polar surface area (TPSA) is 79.5 Å². The number of fused-ring (bicyclic) bond motifs is 8. The summed E-state index contributed by atoms with van der Waals surface area (Å²) in [6.45, 7) is 0. The Labute approximate surface area is 345 Å². The van der Waals surface area contributed by atoms with Crippen molar-refractivity contribution in [3.05, 3.63) is 217 Å². The minimum atomic E-state index is 0.0990. The van der Waals surface area contributed by atoms with Crippen LogP contribution in [0.3, 0.4) is 0 Å². The molecule has 11 aromatic rings. The van der Waals surface area contributed by atoms with Crippen LogP contribution in [-0.4, -0.2) is 27.4 Å². The molecule has 0 unspecified atom stereocenters. The lowest BCUT2D eigenvalue weighted by Crippen LogP contribution is -2.05. The van der Waals surface area contributed by atoms with Crippen molar-refractivity contribution in [2.45, 2.75) is 0 Å². The number of amidine groups is 2. The molecule has 0 saturated carbocycles. The van der Waals surface area contributed by atoms with E-state index in [9.17, 15) is 5.41 Å². The molecule has 0 aliphatic heterocycles. The van der Waals surface area contributed by atoms with Crippen LogP contribution in [0.4, 0.5) is 0 Å². The molecule has 8 aromatic carbocycles. The molecule has 60 heavy (non-hydrogen) atoms. The summed E-state index contributed by atoms with van der Waals surface area (Å²) in [5, 5.41) is 14.7. The maximum absolute atomic E-state index is 9.31. The van der Waals surface area contributed by atoms with E-state index in [4.69, 9.17) is 19.4 Å². The smallest absolute Gasteiger partial charge is 0.161 e. The summed E-state index contributed by atoms with van der Waals surface area (Å²) < 4.78 is 8.71. The number of aliphatic imine (C=N–C) groups is 2. The summed E-state index contributed by atoms with van der Waals surface area (Å²) in [5.41, 5.74) is 12.1. The second-order valence-corrected chi connectivity index (χ2v) is 14.8. The molecule has 1 N–H and O–H groups in total. The number of furan rings is 1. The van der Waals surface area contributed by atoms with Gasteiger partial charge in [0.2, 0.25) is 0 Å². The standard InChI is InChI=1S/C54H35N5O/c55-53(37-28-26-36(27-29-37)51-50-45-21-9-13-25-49(45)60-52(50)44-20-6-10-22-46(44)57-51)58-54(56-34-39-16-4-5-17-41(39)35-14-2-1-3-15-35)38-30-32-40(33-31-38)59-47-23-11-7-18-42(47)43-19-8-12-24-48(43)59/h1-34,55H. The number of hydrogen-bond donors (Lipinski definition) is 1. The summed E-state index contributed by atoms with van der Waals surface area (Å²) in [4.78, 5) is 15.1. The van der Waals surface area contributed by atoms with Crippen molar-refractivity contribution >= 4 is 72.5 Å². The number of nitrogens with one attached hydrogen (secondary N) is 1. The van der Waals surface area contributed by atoms with Gasteiger partial charge < -0.3 is 8.98 Å². The highest BCUT2D eigenvalue weighted by Gasteiger charge is 2.18. The highest BCUT2D eigenvalue weighted by Crippen LogP contribution is 2.39. The third kappa shape index (κ3) is 6.06. The van der Waals surface area contributed by atoms with Crippen LogP contribution in [0.25, 0.3) is 82.7 Å². The highest BCUT2D eigenvalue weighted by atomic mass is 16.3. The molecule has 6 heteroatoms. The quantitative estimate of drug-likeness (QED) is 0.135. The number of para-hydroxylation sites is 4. The van der Waals surface area contributed by atoms with Gasteiger partial charge in [-0.25, -0.2) is 15.0 Å². The molecule has 3 heterocycles. The zero-order valence-electron chi connectivity index (χ0n) is 32.3. The molecular weight excluding hydrogens is 735 g/mol. The normalized spacial score (nSPS) is 12.1. The summed E-state index contributed by atoms with van der Waals surface area (Å²) in [5.74, 6) is 0.533. The second-order valence-electron chi connectivity index (χ2n) is 14.8. The van der Waals surface area contributed by atoms with Gasteiger partial charge in [0, 0.05) is 55.7 Å². The lowest BCUT2D eigenvalue weighted by molar-refractivity contribution is 0.672. The summed E-state index contributed by atoms with van der Waals surface area (Å²) in [6, 6.07) is 67.8. The van der Waals surface area contributed by atoms with Crippen molar-refractivity contribution in [2.24, 2.45) is 9.98 Å². The van der Waals surface area contributed by atoms with E-state index >= 15 is 0 Å². The molecule has 0 aliphatic rings. The van der Waals surface area contributed by atoms with E-state index < -0.39 is 0 Å². The van der Waals surface area contributed by atoms with Crippen molar-refractivity contribution in [1.82, 2.24) is 9.55 Å². The van der Waals surface area contributed by atoms with Crippen LogP contribution in [-0.2, 0) is 0 Å². The van der Waals surface area contributed by atoms with Gasteiger partial charge in [0.25, 0.3) is 0 Å². The summed E-state index contributed by atoms with van der Waals surface area (Å²) in [7, 11) is 0. The molecule has 6 nitrogen and oxygen atoms in total. The lowest BCUT2D eigenvalue weighted by atomic mass is 10.0. The van der Waals surface area contributed by atoms with Gasteiger partial charge in [-0.15, -0.1) is 0 Å². The van der Waals surface area contributed by atoms with Crippen LogP contribution >= 0.6 is 0 Å². The van der Waals surface area contributed by atoms with Gasteiger partial charge in [-0.2, -0.15) is 0 Å². The molecular formula is C54H35N5O. The lowest BCUT2D eigenvalue weighted by Gasteiger charge is -2.10. The van der Waals surface area contributed by atoms with Crippen molar-refractivity contribution in [3.8, 4) is 28.1 Å². The fourth-order valence-corrected chi connectivity index (χ4v) is 8.32. The molecule has 0 aliphatic carbocycles. The Hall–Kier alpha value is -8.22. The number of rotatable bonds is 6. The first-order valence-electron chi connectivity index (χ1n) is 19.9. The molecule has 0 amide bonds. The number of benzene rings is 8. The molecule has 0 fully saturated rings. The van der Waals surface area contributed by atoms with Crippen molar-refractivity contribution in [2.75, 3.05) is 0 Å². The second kappa shape index (κ2) is 14.6. The molecule has 0 atom stereocenters. The Balaban J connectivity index is 0.992. The molecule has 282 valence electrons. The largest absolute Gasteiger partial charge is 0.455 e. The molecule has 11 rings (SSSR count). The molecule has 0 radical (unpaired) electrons. The van der Waals surface area contributed by atoms with Crippen molar-refractivity contribution in [1.29, 1.82) is 5.41 Å². The third-order valence-electron chi connectivity index (χ3n) is 11.2. The van der Waals surface area contributed by atoms with E-state index in [1.54, 1.807) is 0 Å². The number of aromatic nitrogens is 2. The Morgan fingerprint density at radius 1 is 0.533 bits per heavy atom. The van der Waals surface area contributed by atoms with Gasteiger partial charge in [-0.3, -0.25) is 5.41 Å². The zero-order chi connectivity index (χ0) is 40.0. The first-order valence-corrected chi connectivity index (χ1v) is 19.9. The maximum atomic E-state index is 9.31. The van der Waals surface area contributed by atoms with Crippen LogP contribution in [0.5, 0.6) is 0 Å². The average molecular weight is 770 g/mol. The zero-order valence-corrected chi connectivity index (χ0v) is 32.3. The SMILES string of the molecule is N=C(N=C(N=Cc1ccccc1-c1ccccc1)c1ccc(-n2c3ccccc3c3ccccc32)cc1)c1ccc(-c2nc3ccccc3c3oc4ccccc4c23)cc1. The van der Waals surface area contributed by atoms with Gasteiger partial charge >= 0.3 is 0 Å². The minimum Gasteiger partial charge on any atom is -0.455 e.